The number of carboxylic acids is 2. The Hall–Kier alpha value is -15.0. The molecule has 9 rings (SSSR count). The van der Waals surface area contributed by atoms with Crippen LogP contribution in [-0.2, 0) is 73.9 Å². The summed E-state index contributed by atoms with van der Waals surface area (Å²) < 4.78 is 166. The Labute approximate surface area is 770 Å². The summed E-state index contributed by atoms with van der Waals surface area (Å²) in [7, 11) is 10.3. The number of ether oxygens (including phenoxy) is 7. The maximum atomic E-state index is 13.5. The highest BCUT2D eigenvalue weighted by Gasteiger charge is 2.29. The zero-order chi connectivity index (χ0) is 101. The van der Waals surface area contributed by atoms with E-state index >= 15 is 0 Å². The molecule has 6 aromatic carbocycles. The van der Waals surface area contributed by atoms with Crippen LogP contribution in [0.25, 0.3) is 0 Å². The predicted octanol–water partition coefficient (Wildman–Crippen LogP) is 14.3. The number of amides is 5. The van der Waals surface area contributed by atoms with Crippen molar-refractivity contribution >= 4 is 71.9 Å². The second kappa shape index (κ2) is 63.9. The number of rotatable bonds is 37. The number of pyridine rings is 3. The third kappa shape index (κ3) is 46.1. The molecule has 5 amide bonds. The topological polar surface area (TPSA) is 452 Å². The summed E-state index contributed by atoms with van der Waals surface area (Å²) in [6.07, 6.45) is 10.1. The van der Waals surface area contributed by atoms with Gasteiger partial charge in [-0.1, -0.05) is 99.8 Å². The number of carbonyl (C=O) groups excluding carboxylic acids is 11. The SMILES string of the molecule is CCC.CCc1ccc(C)cc1.COc1ccc(COC(=O)CC[C@H](NC(=O)N[C@@H](CCCCN)Cc2ccc(OC)cc2)C(=O)OCc2ccc(OC)cc2)cc1.C[N+](C)(C)c1ccc(C(=O)Oc2c(F)c(F)cc(F)c2F)cn1.O=C(O)CC[C@H](NC(=O)NCCCCCNC(=O)c1ccc([18F])nc1)C(=O)O.O=C(Oc1c(F)c(F)cc(F)c1F)c1ccc([18F])nc1.O=C=O.O=C=O. The third-order valence-corrected chi connectivity index (χ3v) is 17.7. The highest BCUT2D eigenvalue weighted by molar-refractivity contribution is 5.94. The first-order valence-electron chi connectivity index (χ1n) is 41.1. The number of carboxylic acid groups (broad SMARTS) is 2. The molecule has 0 radical (unpaired) electrons. The van der Waals surface area contributed by atoms with E-state index in [1.165, 1.54) is 35.7 Å². The fourth-order valence-corrected chi connectivity index (χ4v) is 10.6. The van der Waals surface area contributed by atoms with Crippen molar-refractivity contribution in [2.24, 2.45) is 5.73 Å². The summed E-state index contributed by atoms with van der Waals surface area (Å²) in [5.41, 5.74) is 10.8. The van der Waals surface area contributed by atoms with Crippen molar-refractivity contribution in [3.05, 3.63) is 267 Å². The van der Waals surface area contributed by atoms with Crippen LogP contribution in [0.1, 0.15) is 150 Å². The van der Waals surface area contributed by atoms with Gasteiger partial charge in [-0.25, -0.2) is 61.3 Å². The van der Waals surface area contributed by atoms with Gasteiger partial charge in [-0.15, -0.1) is 0 Å². The second-order valence-corrected chi connectivity index (χ2v) is 29.0. The van der Waals surface area contributed by atoms with Gasteiger partial charge in [0.1, 0.15) is 42.5 Å². The van der Waals surface area contributed by atoms with Gasteiger partial charge in [0.05, 0.1) is 59.2 Å². The molecule has 0 saturated carbocycles. The van der Waals surface area contributed by atoms with E-state index in [2.05, 4.69) is 103 Å². The van der Waals surface area contributed by atoms with Gasteiger partial charge >= 0.3 is 60.2 Å². The number of methoxy groups -OCH3 is 3. The number of nitrogens with two attached hydrogens (primary N) is 1. The Morgan fingerprint density at radius 3 is 1.27 bits per heavy atom. The standard InChI is InChI=1S/C35H45N3O8.C17H23FN4O6.C15H13F4N2O2.C12H4F5NO2.C9H12.C3H8.2CO2/c1-42-29-13-7-25(8-14-29)22-28(6-4-5-21-36)37-35(41)38-32(34(40)46-24-27-11-17-31(44-3)18-12-27)19-20-33(39)45-23-26-9-15-30(43-2)16-10-26;18-13-6-4-11(10-21-13)15(25)19-8-2-1-3-9-20-17(28)22-12(16(26)27)5-7-14(23)24;1-21(2,3)11-5-4-8(7-20-11)15(22)23-14-12(18)9(16)6-10(17)13(14)19;13-6-3-7(14)10(17)11(9(6)16)20-12(19)5-1-2-8(15)18-4-5;1-3-9-6-4-8(2)5-7-9;1-3-2;2*2-1-3/h7-18,28,32H,4-6,19-24,36H2,1-3H3,(H2,37,38,41);4,6,10,12H,1-3,5,7-9H2,(H,19,25)(H,23,24)(H,26,27)(H2,20,22,28);4-7H,1-3H3;1-4H;4-7H,3H2,1-2H3;3H2,1-2H3;;/q;;+1;;;;;/t28-,32-;12-;;;;;;/m00....../s1/i;18-1;;15-1;;;;. The number of carbonyl (C=O) groups is 9. The van der Waals surface area contributed by atoms with Gasteiger partial charge in [-0.3, -0.25) is 18.9 Å². The highest BCUT2D eigenvalue weighted by Crippen LogP contribution is 2.30. The number of aryl methyl sites for hydroxylation is 2. The highest BCUT2D eigenvalue weighted by atomic mass is 19.2. The van der Waals surface area contributed by atoms with Crippen molar-refractivity contribution in [1.29, 1.82) is 0 Å². The number of esters is 4. The van der Waals surface area contributed by atoms with Gasteiger partial charge in [-0.05, 0) is 160 Å². The largest absolute Gasteiger partial charge is 0.497 e. The number of benzene rings is 6. The molecule has 0 spiro atoms. The molecule has 9 aromatic rings. The molecule has 0 bridgehead atoms. The van der Waals surface area contributed by atoms with E-state index < -0.39 is 130 Å². The molecular formula is C93H105F10N10O22+. The molecule has 0 aliphatic rings. The molecule has 728 valence electrons. The lowest BCUT2D eigenvalue weighted by atomic mass is 10.0. The lowest BCUT2D eigenvalue weighted by Gasteiger charge is -2.22. The minimum Gasteiger partial charge on any atom is -0.497 e. The van der Waals surface area contributed by atoms with Gasteiger partial charge < -0.3 is 75.7 Å². The average Bonchev–Trinajstić information content (AvgIpc) is 0.821. The van der Waals surface area contributed by atoms with E-state index in [-0.39, 0.29) is 92.0 Å². The molecule has 3 aromatic heterocycles. The molecular weight excluding hydrogens is 1800 g/mol. The third-order valence-electron chi connectivity index (χ3n) is 17.7. The minimum atomic E-state index is -1.85. The molecule has 9 N–H and O–H groups in total. The van der Waals surface area contributed by atoms with Crippen molar-refractivity contribution < 1.29 is 150 Å². The maximum absolute atomic E-state index is 13.5. The first-order valence-corrected chi connectivity index (χ1v) is 41.1. The maximum Gasteiger partial charge on any atom is 0.373 e. The van der Waals surface area contributed by atoms with Crippen LogP contribution in [0.4, 0.5) is 59.3 Å². The number of urea groups is 2. The first-order chi connectivity index (χ1) is 64.2. The lowest BCUT2D eigenvalue weighted by molar-refractivity contribution is -0.193. The fraction of sp³-hybridized carbons (Fsp3) is 0.333. The molecule has 3 atom stereocenters. The quantitative estimate of drug-likeness (QED) is 0.00341. The number of aliphatic carboxylic acids is 2. The number of nitrogens with one attached hydrogen (secondary N) is 5. The van der Waals surface area contributed by atoms with Crippen LogP contribution >= 0.6 is 0 Å². The van der Waals surface area contributed by atoms with E-state index in [0.29, 0.717) is 73.5 Å². The monoisotopic (exact) mass is 1900 g/mol. The van der Waals surface area contributed by atoms with Gasteiger partial charge in [0.2, 0.25) is 52.5 Å². The van der Waals surface area contributed by atoms with Crippen molar-refractivity contribution in [1.82, 2.24) is 46.0 Å². The van der Waals surface area contributed by atoms with E-state index in [1.54, 1.807) is 69.9 Å². The number of quaternary nitrogens is 1. The summed E-state index contributed by atoms with van der Waals surface area (Å²) in [6, 6.07) is 33.8. The predicted molar refractivity (Wildman–Crippen MR) is 466 cm³/mol. The van der Waals surface area contributed by atoms with Gasteiger partial charge in [0.15, 0.2) is 23.3 Å². The van der Waals surface area contributed by atoms with Crippen LogP contribution in [0.15, 0.2) is 164 Å². The van der Waals surface area contributed by atoms with Crippen molar-refractivity contribution in [2.45, 2.75) is 143 Å². The average molecular weight is 1900 g/mol. The van der Waals surface area contributed by atoms with Crippen molar-refractivity contribution in [3.8, 4) is 28.7 Å². The van der Waals surface area contributed by atoms with Crippen LogP contribution in [-0.4, -0.2) is 171 Å². The van der Waals surface area contributed by atoms with E-state index in [1.807, 2.05) is 45.4 Å². The molecule has 0 saturated heterocycles. The molecule has 32 nitrogen and oxygen atoms in total. The Balaban J connectivity index is 0.000000596. The fourth-order valence-electron chi connectivity index (χ4n) is 10.6. The number of hydrogen-bond donors (Lipinski definition) is 8. The summed E-state index contributed by atoms with van der Waals surface area (Å²) in [4.78, 5) is 150. The second-order valence-electron chi connectivity index (χ2n) is 29.0. The van der Waals surface area contributed by atoms with Crippen LogP contribution < -0.4 is 60.5 Å². The molecule has 3 heterocycles. The summed E-state index contributed by atoms with van der Waals surface area (Å²) in [5.74, 6) is -22.3. The van der Waals surface area contributed by atoms with E-state index in [0.717, 1.165) is 78.5 Å². The molecule has 0 fully saturated rings. The van der Waals surface area contributed by atoms with Crippen LogP contribution in [0.2, 0.25) is 0 Å². The van der Waals surface area contributed by atoms with Crippen LogP contribution in [0, 0.1) is 65.4 Å². The summed E-state index contributed by atoms with van der Waals surface area (Å²) >= 11 is 0. The first kappa shape index (κ1) is 116. The minimum absolute atomic E-state index is 0.00731. The number of hydrogen-bond acceptors (Lipinski definition) is 24. The van der Waals surface area contributed by atoms with Gasteiger partial charge in [0.25, 0.3) is 5.91 Å². The van der Waals surface area contributed by atoms with Crippen LogP contribution in [0.5, 0.6) is 28.7 Å². The zero-order valence-corrected chi connectivity index (χ0v) is 75.3. The molecule has 0 aliphatic carbocycles. The lowest BCUT2D eigenvalue weighted by Crippen LogP contribution is -2.50. The van der Waals surface area contributed by atoms with Gasteiger partial charge in [-0.2, -0.15) is 45.5 Å². The Morgan fingerprint density at radius 2 is 0.867 bits per heavy atom. The Kier molecular flexibility index (Phi) is 54.9. The summed E-state index contributed by atoms with van der Waals surface area (Å²) in [5, 5.41) is 30.6. The van der Waals surface area contributed by atoms with Gasteiger partial charge in [0, 0.05) is 68.8 Å². The number of nitrogens with zero attached hydrogens (tertiary/aromatic N) is 4. The van der Waals surface area contributed by atoms with E-state index in [4.69, 9.17) is 58.8 Å². The molecule has 0 aliphatic heterocycles. The molecule has 0 unspecified atom stereocenters. The smallest absolute Gasteiger partial charge is 0.373 e. The molecule has 135 heavy (non-hydrogen) atoms. The zero-order valence-electron chi connectivity index (χ0n) is 75.3. The number of aromatic nitrogens is 3. The van der Waals surface area contributed by atoms with Crippen molar-refractivity contribution in [2.75, 3.05) is 62.1 Å². The number of halogens is 10. The normalized spacial score (nSPS) is 10.8. The van der Waals surface area contributed by atoms with Crippen LogP contribution in [0.3, 0.4) is 0 Å². The molecule has 42 heteroatoms. The number of unbranched alkanes of at least 4 members (excludes halogenated alkanes) is 3. The van der Waals surface area contributed by atoms with Crippen molar-refractivity contribution in [3.63, 3.8) is 0 Å². The Morgan fingerprint density at radius 1 is 0.459 bits per heavy atom. The Bertz CT molecular complexity index is 5200. The summed E-state index contributed by atoms with van der Waals surface area (Å²) in [6.45, 7) is 9.84. The van der Waals surface area contributed by atoms with E-state index in [9.17, 15) is 87.1 Å².